The molecule has 0 fully saturated rings. The normalized spacial score (nSPS) is 10.9. The molecule has 2 aromatic rings. The minimum atomic E-state index is 0. The van der Waals surface area contributed by atoms with Gasteiger partial charge in [-0.15, -0.1) is 24.0 Å². The quantitative estimate of drug-likeness (QED) is 0.211. The highest BCUT2D eigenvalue weighted by molar-refractivity contribution is 14.0. The second-order valence-corrected chi connectivity index (χ2v) is 6.04. The van der Waals surface area contributed by atoms with Crippen LogP contribution in [-0.4, -0.2) is 39.3 Å². The lowest BCUT2D eigenvalue weighted by Crippen LogP contribution is -2.38. The minimum Gasteiger partial charge on any atom is -0.493 e. The van der Waals surface area contributed by atoms with Gasteiger partial charge in [0.05, 0.1) is 20.0 Å². The number of benzene rings is 1. The molecular formula is C21H32IN3O3. The molecule has 7 heteroatoms. The number of nitrogens with zero attached hydrogens (tertiary/aromatic N) is 1. The Labute approximate surface area is 185 Å². The SMILES string of the molecule is CCNC(=NCCCc1ccc(OC)c(OCC)c1)NCCc1ccco1.I. The fourth-order valence-corrected chi connectivity index (χ4v) is 2.72. The van der Waals surface area contributed by atoms with Crippen molar-refractivity contribution in [3.63, 3.8) is 0 Å². The van der Waals surface area contributed by atoms with Gasteiger partial charge in [-0.25, -0.2) is 0 Å². The van der Waals surface area contributed by atoms with Crippen molar-refractivity contribution in [2.45, 2.75) is 33.1 Å². The summed E-state index contributed by atoms with van der Waals surface area (Å²) in [6.45, 7) is 7.04. The first-order valence-corrected chi connectivity index (χ1v) is 9.61. The smallest absolute Gasteiger partial charge is 0.191 e. The van der Waals surface area contributed by atoms with Crippen LogP contribution in [0.3, 0.4) is 0 Å². The highest BCUT2D eigenvalue weighted by atomic mass is 127. The van der Waals surface area contributed by atoms with Gasteiger partial charge in [-0.05, 0) is 56.5 Å². The summed E-state index contributed by atoms with van der Waals surface area (Å²) in [5.74, 6) is 3.39. The zero-order valence-corrected chi connectivity index (χ0v) is 19.3. The van der Waals surface area contributed by atoms with E-state index in [4.69, 9.17) is 13.9 Å². The summed E-state index contributed by atoms with van der Waals surface area (Å²) < 4.78 is 16.3. The number of furan rings is 1. The van der Waals surface area contributed by atoms with Crippen LogP contribution in [-0.2, 0) is 12.8 Å². The van der Waals surface area contributed by atoms with Crippen LogP contribution < -0.4 is 20.1 Å². The zero-order chi connectivity index (χ0) is 19.3. The first-order chi connectivity index (χ1) is 13.3. The van der Waals surface area contributed by atoms with Crippen molar-refractivity contribution in [1.82, 2.24) is 10.6 Å². The number of hydrogen-bond donors (Lipinski definition) is 2. The molecule has 1 heterocycles. The van der Waals surface area contributed by atoms with Crippen LogP contribution in [0.25, 0.3) is 0 Å². The Kier molecular flexibility index (Phi) is 12.2. The van der Waals surface area contributed by atoms with Crippen LogP contribution in [0.4, 0.5) is 0 Å². The summed E-state index contributed by atoms with van der Waals surface area (Å²) in [4.78, 5) is 4.65. The highest BCUT2D eigenvalue weighted by Crippen LogP contribution is 2.28. The Morgan fingerprint density at radius 3 is 2.64 bits per heavy atom. The van der Waals surface area contributed by atoms with E-state index in [9.17, 15) is 0 Å². The van der Waals surface area contributed by atoms with Crippen LogP contribution in [0.15, 0.2) is 46.0 Å². The van der Waals surface area contributed by atoms with Gasteiger partial charge in [0.15, 0.2) is 17.5 Å². The van der Waals surface area contributed by atoms with E-state index in [0.717, 1.165) is 62.1 Å². The van der Waals surface area contributed by atoms with Crippen LogP contribution in [0.1, 0.15) is 31.6 Å². The molecule has 0 saturated heterocycles. The van der Waals surface area contributed by atoms with E-state index >= 15 is 0 Å². The number of methoxy groups -OCH3 is 1. The average Bonchev–Trinajstić information content (AvgIpc) is 3.19. The highest BCUT2D eigenvalue weighted by Gasteiger charge is 2.05. The third kappa shape index (κ3) is 8.41. The molecule has 0 radical (unpaired) electrons. The predicted octanol–water partition coefficient (Wildman–Crippen LogP) is 4.04. The van der Waals surface area contributed by atoms with Crippen LogP contribution >= 0.6 is 24.0 Å². The lowest BCUT2D eigenvalue weighted by Gasteiger charge is -2.12. The molecule has 28 heavy (non-hydrogen) atoms. The summed E-state index contributed by atoms with van der Waals surface area (Å²) in [5, 5.41) is 6.61. The maximum absolute atomic E-state index is 5.64. The topological polar surface area (TPSA) is 68.0 Å². The molecule has 0 aliphatic rings. The second kappa shape index (κ2) is 14.1. The fraction of sp³-hybridized carbons (Fsp3) is 0.476. The third-order valence-electron chi connectivity index (χ3n) is 4.01. The van der Waals surface area contributed by atoms with Crippen LogP contribution in [0, 0.1) is 0 Å². The van der Waals surface area contributed by atoms with Crippen LogP contribution in [0.5, 0.6) is 11.5 Å². The molecule has 0 unspecified atom stereocenters. The molecule has 0 bridgehead atoms. The van der Waals surface area contributed by atoms with Crippen molar-refractivity contribution in [2.75, 3.05) is 33.4 Å². The first kappa shape index (κ1) is 24.1. The third-order valence-corrected chi connectivity index (χ3v) is 4.01. The molecule has 1 aromatic heterocycles. The number of aliphatic imine (C=N–C) groups is 1. The Morgan fingerprint density at radius 1 is 1.11 bits per heavy atom. The van der Waals surface area contributed by atoms with Crippen molar-refractivity contribution < 1.29 is 13.9 Å². The Morgan fingerprint density at radius 2 is 1.96 bits per heavy atom. The lowest BCUT2D eigenvalue weighted by atomic mass is 10.1. The molecule has 0 amide bonds. The van der Waals surface area contributed by atoms with E-state index in [1.54, 1.807) is 13.4 Å². The Bertz CT molecular complexity index is 690. The van der Waals surface area contributed by atoms with Gasteiger partial charge in [-0.2, -0.15) is 0 Å². The average molecular weight is 501 g/mol. The Hall–Kier alpha value is -1.90. The van der Waals surface area contributed by atoms with Gasteiger partial charge in [-0.3, -0.25) is 4.99 Å². The van der Waals surface area contributed by atoms with E-state index in [-0.39, 0.29) is 24.0 Å². The van der Waals surface area contributed by atoms with E-state index < -0.39 is 0 Å². The van der Waals surface area contributed by atoms with Crippen molar-refractivity contribution in [1.29, 1.82) is 0 Å². The molecule has 6 nitrogen and oxygen atoms in total. The van der Waals surface area contributed by atoms with Crippen molar-refractivity contribution in [3.8, 4) is 11.5 Å². The molecule has 1 aromatic carbocycles. The Balaban J connectivity index is 0.00000392. The lowest BCUT2D eigenvalue weighted by molar-refractivity contribution is 0.310. The number of aryl methyl sites for hydroxylation is 1. The number of halogens is 1. The fourth-order valence-electron chi connectivity index (χ4n) is 2.72. The number of rotatable bonds is 11. The summed E-state index contributed by atoms with van der Waals surface area (Å²) in [6.07, 6.45) is 4.44. The summed E-state index contributed by atoms with van der Waals surface area (Å²) in [5.41, 5.74) is 1.23. The van der Waals surface area contributed by atoms with Gasteiger partial charge in [0.2, 0.25) is 0 Å². The largest absolute Gasteiger partial charge is 0.493 e. The monoisotopic (exact) mass is 501 g/mol. The van der Waals surface area contributed by atoms with Gasteiger partial charge >= 0.3 is 0 Å². The molecule has 2 rings (SSSR count). The van der Waals surface area contributed by atoms with Gasteiger partial charge in [-0.1, -0.05) is 6.07 Å². The van der Waals surface area contributed by atoms with Gasteiger partial charge in [0.1, 0.15) is 5.76 Å². The first-order valence-electron chi connectivity index (χ1n) is 9.61. The maximum atomic E-state index is 5.64. The van der Waals surface area contributed by atoms with E-state index in [0.29, 0.717) is 6.61 Å². The second-order valence-electron chi connectivity index (χ2n) is 6.04. The molecular weight excluding hydrogens is 469 g/mol. The molecule has 0 aliphatic heterocycles. The van der Waals surface area contributed by atoms with Crippen molar-refractivity contribution in [2.24, 2.45) is 4.99 Å². The van der Waals surface area contributed by atoms with E-state index in [1.807, 2.05) is 25.1 Å². The maximum Gasteiger partial charge on any atom is 0.191 e. The zero-order valence-electron chi connectivity index (χ0n) is 17.0. The van der Waals surface area contributed by atoms with Gasteiger partial charge in [0, 0.05) is 26.1 Å². The van der Waals surface area contributed by atoms with Crippen molar-refractivity contribution >= 4 is 29.9 Å². The van der Waals surface area contributed by atoms with Crippen LogP contribution in [0.2, 0.25) is 0 Å². The van der Waals surface area contributed by atoms with E-state index in [1.165, 1.54) is 5.56 Å². The van der Waals surface area contributed by atoms with Gasteiger partial charge in [0.25, 0.3) is 0 Å². The molecule has 0 saturated carbocycles. The molecule has 0 atom stereocenters. The number of nitrogens with one attached hydrogen (secondary N) is 2. The summed E-state index contributed by atoms with van der Waals surface area (Å²) in [6, 6.07) is 9.99. The van der Waals surface area contributed by atoms with Crippen molar-refractivity contribution in [3.05, 3.63) is 47.9 Å². The summed E-state index contributed by atoms with van der Waals surface area (Å²) >= 11 is 0. The number of guanidine groups is 1. The number of ether oxygens (including phenoxy) is 2. The minimum absolute atomic E-state index is 0. The standard InChI is InChI=1S/C21H31N3O3.HI/c1-4-22-21(24-14-12-18-9-7-15-27-18)23-13-6-8-17-10-11-19(25-3)20(16-17)26-5-2;/h7,9-11,15-16H,4-6,8,12-14H2,1-3H3,(H2,22,23,24);1H. The molecule has 2 N–H and O–H groups in total. The molecule has 0 aliphatic carbocycles. The number of hydrogen-bond acceptors (Lipinski definition) is 4. The van der Waals surface area contributed by atoms with Gasteiger partial charge < -0.3 is 24.5 Å². The molecule has 0 spiro atoms. The van der Waals surface area contributed by atoms with E-state index in [2.05, 4.69) is 34.7 Å². The summed E-state index contributed by atoms with van der Waals surface area (Å²) in [7, 11) is 1.66. The molecule has 156 valence electrons. The predicted molar refractivity (Wildman–Crippen MR) is 124 cm³/mol.